The van der Waals surface area contributed by atoms with Gasteiger partial charge in [-0.3, -0.25) is 14.5 Å². The van der Waals surface area contributed by atoms with Gasteiger partial charge in [0.2, 0.25) is 0 Å². The lowest BCUT2D eigenvalue weighted by Crippen LogP contribution is -2.33. The summed E-state index contributed by atoms with van der Waals surface area (Å²) in [5, 5.41) is 0.247. The molecule has 0 N–H and O–H groups in total. The maximum Gasteiger partial charge on any atom is 0.338 e. The third-order valence-corrected chi connectivity index (χ3v) is 6.20. The van der Waals surface area contributed by atoms with Crippen LogP contribution in [0.1, 0.15) is 47.1 Å². The van der Waals surface area contributed by atoms with E-state index in [1.807, 2.05) is 43.5 Å². The first-order chi connectivity index (χ1) is 16.2. The number of benzene rings is 1. The lowest BCUT2D eigenvalue weighted by molar-refractivity contribution is -0.140. The average molecular weight is 484 g/mol. The molecule has 1 saturated heterocycles. The molecular formula is C25H29N3O5S. The highest BCUT2D eigenvalue weighted by Crippen LogP contribution is 2.27. The van der Waals surface area contributed by atoms with Crippen molar-refractivity contribution < 1.29 is 23.9 Å². The predicted octanol–water partition coefficient (Wildman–Crippen LogP) is 3.62. The molecule has 0 radical (unpaired) electrons. The summed E-state index contributed by atoms with van der Waals surface area (Å²) in [6, 6.07) is 9.17. The molecule has 2 aromatic rings. The van der Waals surface area contributed by atoms with Crippen LogP contribution >= 0.6 is 12.2 Å². The fraction of sp³-hybridized carbons (Fsp3) is 0.360. The van der Waals surface area contributed by atoms with Crippen molar-refractivity contribution in [2.24, 2.45) is 0 Å². The van der Waals surface area contributed by atoms with Crippen molar-refractivity contribution in [2.75, 3.05) is 27.3 Å². The summed E-state index contributed by atoms with van der Waals surface area (Å²) in [7, 11) is 2.87. The molecule has 1 aromatic heterocycles. The smallest absolute Gasteiger partial charge is 0.338 e. The average Bonchev–Trinajstić information content (AvgIpc) is 3.21. The zero-order valence-electron chi connectivity index (χ0n) is 20.1. The monoisotopic (exact) mass is 483 g/mol. The first-order valence-electron chi connectivity index (χ1n) is 11.0. The van der Waals surface area contributed by atoms with Crippen LogP contribution in [0.2, 0.25) is 0 Å². The molecule has 180 valence electrons. The summed E-state index contributed by atoms with van der Waals surface area (Å²) in [6.45, 7) is 6.21. The van der Waals surface area contributed by atoms with E-state index < -0.39 is 5.97 Å². The molecule has 0 unspecified atom stereocenters. The summed E-state index contributed by atoms with van der Waals surface area (Å²) < 4.78 is 12.1. The van der Waals surface area contributed by atoms with Crippen molar-refractivity contribution in [2.45, 2.75) is 33.6 Å². The van der Waals surface area contributed by atoms with Gasteiger partial charge in [0.1, 0.15) is 12.2 Å². The van der Waals surface area contributed by atoms with Gasteiger partial charge in [0.05, 0.1) is 19.3 Å². The number of thiocarbonyl (C=S) groups is 1. The molecule has 1 aliphatic rings. The number of aromatic nitrogens is 1. The van der Waals surface area contributed by atoms with Gasteiger partial charge in [0.15, 0.2) is 5.11 Å². The molecule has 8 nitrogen and oxygen atoms in total. The Hall–Kier alpha value is -3.46. The lowest BCUT2D eigenvalue weighted by atomic mass is 10.2. The molecule has 0 bridgehead atoms. The van der Waals surface area contributed by atoms with Gasteiger partial charge in [-0.1, -0.05) is 13.3 Å². The van der Waals surface area contributed by atoms with Crippen LogP contribution in [0.5, 0.6) is 0 Å². The molecule has 1 aliphatic heterocycles. The molecule has 2 heterocycles. The number of carbonyl (C=O) groups is 3. The molecule has 1 amide bonds. The Kier molecular flexibility index (Phi) is 7.88. The summed E-state index contributed by atoms with van der Waals surface area (Å²) in [6.07, 6.45) is 3.54. The van der Waals surface area contributed by atoms with Crippen molar-refractivity contribution in [3.63, 3.8) is 0 Å². The van der Waals surface area contributed by atoms with Gasteiger partial charge in [-0.25, -0.2) is 4.79 Å². The van der Waals surface area contributed by atoms with Gasteiger partial charge in [0.25, 0.3) is 5.91 Å². The molecule has 0 spiro atoms. The molecule has 1 fully saturated rings. The first kappa shape index (κ1) is 25.2. The number of carbonyl (C=O) groups excluding carboxylic acids is 3. The van der Waals surface area contributed by atoms with Crippen LogP contribution in [0.3, 0.4) is 0 Å². The summed E-state index contributed by atoms with van der Waals surface area (Å²) in [4.78, 5) is 39.7. The Labute approximate surface area is 204 Å². The van der Waals surface area contributed by atoms with Crippen LogP contribution < -0.4 is 0 Å². The molecule has 34 heavy (non-hydrogen) atoms. The van der Waals surface area contributed by atoms with Crippen LogP contribution in [0.25, 0.3) is 11.8 Å². The van der Waals surface area contributed by atoms with E-state index in [-0.39, 0.29) is 23.5 Å². The molecule has 0 aliphatic carbocycles. The Morgan fingerprint density at radius 3 is 2.44 bits per heavy atom. The number of amides is 1. The van der Waals surface area contributed by atoms with Crippen molar-refractivity contribution >= 4 is 41.3 Å². The summed E-state index contributed by atoms with van der Waals surface area (Å²) >= 11 is 5.35. The number of nitrogens with zero attached hydrogens (tertiary/aromatic N) is 3. The van der Waals surface area contributed by atoms with E-state index in [2.05, 4.69) is 0 Å². The Bertz CT molecular complexity index is 1150. The molecule has 0 saturated carbocycles. The highest BCUT2D eigenvalue weighted by molar-refractivity contribution is 7.80. The van der Waals surface area contributed by atoms with Crippen LogP contribution in [0.4, 0.5) is 0 Å². The van der Waals surface area contributed by atoms with Gasteiger partial charge in [0, 0.05) is 24.1 Å². The van der Waals surface area contributed by atoms with Crippen molar-refractivity contribution in [3.05, 3.63) is 58.5 Å². The number of esters is 2. The van der Waals surface area contributed by atoms with E-state index in [1.54, 1.807) is 25.3 Å². The maximum atomic E-state index is 12.8. The van der Waals surface area contributed by atoms with E-state index in [0.29, 0.717) is 17.9 Å². The number of hydrogen-bond acceptors (Lipinski definition) is 6. The third-order valence-electron chi connectivity index (χ3n) is 5.70. The van der Waals surface area contributed by atoms with E-state index in [9.17, 15) is 14.4 Å². The SMILES string of the molecule is CCCCOC(=O)c1ccc(-n2c(C)cc(/C=C3/C(=O)N(C)C(=S)N3CC(=O)OC)c2C)cc1. The van der Waals surface area contributed by atoms with Gasteiger partial charge < -0.3 is 18.9 Å². The topological polar surface area (TPSA) is 81.1 Å². The Morgan fingerprint density at radius 2 is 1.82 bits per heavy atom. The Morgan fingerprint density at radius 1 is 1.15 bits per heavy atom. The highest BCUT2D eigenvalue weighted by atomic mass is 32.1. The van der Waals surface area contributed by atoms with Crippen LogP contribution in [0, 0.1) is 13.8 Å². The fourth-order valence-corrected chi connectivity index (χ4v) is 4.01. The number of methoxy groups -OCH3 is 1. The van der Waals surface area contributed by atoms with Crippen LogP contribution in [0.15, 0.2) is 36.0 Å². The first-order valence-corrected chi connectivity index (χ1v) is 11.4. The maximum absolute atomic E-state index is 12.8. The summed E-state index contributed by atoms with van der Waals surface area (Å²) in [5.41, 5.74) is 4.34. The van der Waals surface area contributed by atoms with Crippen molar-refractivity contribution in [3.8, 4) is 5.69 Å². The van der Waals surface area contributed by atoms with E-state index in [0.717, 1.165) is 35.5 Å². The third kappa shape index (κ3) is 5.04. The number of hydrogen-bond donors (Lipinski definition) is 0. The van der Waals surface area contributed by atoms with E-state index >= 15 is 0 Å². The van der Waals surface area contributed by atoms with Crippen molar-refractivity contribution in [1.82, 2.24) is 14.4 Å². The van der Waals surface area contributed by atoms with Gasteiger partial charge in [-0.15, -0.1) is 0 Å². The van der Waals surface area contributed by atoms with Crippen LogP contribution in [-0.2, 0) is 19.1 Å². The quantitative estimate of drug-likeness (QED) is 0.245. The lowest BCUT2D eigenvalue weighted by Gasteiger charge is -2.17. The second kappa shape index (κ2) is 10.6. The fourth-order valence-electron chi connectivity index (χ4n) is 3.76. The predicted molar refractivity (Wildman–Crippen MR) is 133 cm³/mol. The zero-order valence-corrected chi connectivity index (χ0v) is 20.9. The van der Waals surface area contributed by atoms with Crippen molar-refractivity contribution in [1.29, 1.82) is 0 Å². The molecule has 3 rings (SSSR count). The Balaban J connectivity index is 1.91. The number of aryl methyl sites for hydroxylation is 1. The minimum atomic E-state index is -0.491. The summed E-state index contributed by atoms with van der Waals surface area (Å²) in [5.74, 6) is -1.11. The molecule has 1 aromatic carbocycles. The van der Waals surface area contributed by atoms with Crippen LogP contribution in [-0.4, -0.2) is 64.6 Å². The van der Waals surface area contributed by atoms with E-state index in [1.165, 1.54) is 16.9 Å². The number of ether oxygens (including phenoxy) is 2. The van der Waals surface area contributed by atoms with Gasteiger partial charge in [-0.05, 0) is 74.5 Å². The molecule has 9 heteroatoms. The normalized spacial score (nSPS) is 14.8. The largest absolute Gasteiger partial charge is 0.468 e. The van der Waals surface area contributed by atoms with Gasteiger partial charge >= 0.3 is 11.9 Å². The standard InChI is InChI=1S/C25H29N3O5S/c1-6-7-12-33-24(31)18-8-10-20(11-9-18)28-16(2)13-19(17(28)3)14-21-23(30)26(4)25(34)27(21)15-22(29)32-5/h8-11,13-14H,6-7,12,15H2,1-5H3/b21-14-. The highest BCUT2D eigenvalue weighted by Gasteiger charge is 2.37. The number of likely N-dealkylation sites (N-methyl/N-ethyl adjacent to an activating group) is 1. The molecule has 0 atom stereocenters. The molecular weight excluding hydrogens is 454 g/mol. The minimum absolute atomic E-state index is 0.147. The second-order valence-electron chi connectivity index (χ2n) is 8.04. The zero-order chi connectivity index (χ0) is 25.0. The second-order valence-corrected chi connectivity index (χ2v) is 8.40. The minimum Gasteiger partial charge on any atom is -0.468 e. The van der Waals surface area contributed by atoms with Gasteiger partial charge in [-0.2, -0.15) is 0 Å². The number of unbranched alkanes of at least 4 members (excludes halogenated alkanes) is 1. The number of rotatable bonds is 8. The van der Waals surface area contributed by atoms with E-state index in [4.69, 9.17) is 21.7 Å².